The summed E-state index contributed by atoms with van der Waals surface area (Å²) < 4.78 is 5.33. The van der Waals surface area contributed by atoms with E-state index >= 15 is 0 Å². The molecular formula is C22H24N2O. The number of benzene rings is 2. The quantitative estimate of drug-likeness (QED) is 0.698. The lowest BCUT2D eigenvalue weighted by Gasteiger charge is -2.42. The Morgan fingerprint density at radius 2 is 1.56 bits per heavy atom. The van der Waals surface area contributed by atoms with Gasteiger partial charge in [0.25, 0.3) is 0 Å². The summed E-state index contributed by atoms with van der Waals surface area (Å²) in [6, 6.07) is 24.1. The molecule has 1 saturated heterocycles. The maximum Gasteiger partial charge on any atom is 0.114 e. The Balaban J connectivity index is 1.50. The van der Waals surface area contributed by atoms with Crippen LogP contribution in [0.15, 0.2) is 83.7 Å². The fourth-order valence-corrected chi connectivity index (χ4v) is 3.73. The number of piperazine rings is 1. The van der Waals surface area contributed by atoms with Crippen molar-refractivity contribution in [2.45, 2.75) is 19.0 Å². The van der Waals surface area contributed by atoms with Crippen molar-refractivity contribution in [3.05, 3.63) is 90.4 Å². The molecule has 1 aliphatic heterocycles. The number of furan rings is 1. The average Bonchev–Trinajstić information content (AvgIpc) is 3.18. The smallest absolute Gasteiger partial charge is 0.114 e. The Labute approximate surface area is 149 Å². The van der Waals surface area contributed by atoms with Crippen molar-refractivity contribution in [1.82, 2.24) is 4.90 Å². The molecule has 1 aliphatic rings. The first-order valence-corrected chi connectivity index (χ1v) is 8.97. The molecule has 1 atom stereocenters. The van der Waals surface area contributed by atoms with E-state index in [1.807, 2.05) is 6.26 Å². The summed E-state index contributed by atoms with van der Waals surface area (Å²) in [5.41, 5.74) is 3.97. The van der Waals surface area contributed by atoms with Gasteiger partial charge in [0.05, 0.1) is 12.0 Å². The van der Waals surface area contributed by atoms with Gasteiger partial charge in [-0.25, -0.2) is 0 Å². The van der Waals surface area contributed by atoms with Crippen LogP contribution >= 0.6 is 0 Å². The van der Waals surface area contributed by atoms with Crippen molar-refractivity contribution in [2.24, 2.45) is 0 Å². The number of rotatable bonds is 5. The minimum atomic E-state index is 0.456. The van der Waals surface area contributed by atoms with Crippen LogP contribution in [0, 0.1) is 0 Å². The zero-order chi connectivity index (χ0) is 16.9. The molecule has 0 unspecified atom stereocenters. The van der Waals surface area contributed by atoms with Gasteiger partial charge in [-0.3, -0.25) is 4.90 Å². The third kappa shape index (κ3) is 3.94. The van der Waals surface area contributed by atoms with Crippen LogP contribution in [0.3, 0.4) is 0 Å². The molecule has 0 amide bonds. The van der Waals surface area contributed by atoms with Gasteiger partial charge >= 0.3 is 0 Å². The van der Waals surface area contributed by atoms with E-state index in [1.54, 1.807) is 6.26 Å². The molecule has 0 radical (unpaired) electrons. The predicted molar refractivity (Wildman–Crippen MR) is 102 cm³/mol. The van der Waals surface area contributed by atoms with Gasteiger partial charge in [0, 0.05) is 32.2 Å². The second-order valence-corrected chi connectivity index (χ2v) is 6.74. The third-order valence-electron chi connectivity index (χ3n) is 4.97. The van der Waals surface area contributed by atoms with Crippen molar-refractivity contribution in [3.63, 3.8) is 0 Å². The second kappa shape index (κ2) is 7.58. The predicted octanol–water partition coefficient (Wildman–Crippen LogP) is 4.21. The summed E-state index contributed by atoms with van der Waals surface area (Å²) >= 11 is 0. The van der Waals surface area contributed by atoms with Gasteiger partial charge in [-0.05, 0) is 23.6 Å². The largest absolute Gasteiger partial charge is 0.470 e. The average molecular weight is 332 g/mol. The van der Waals surface area contributed by atoms with Crippen LogP contribution in [-0.2, 0) is 13.0 Å². The Kier molecular flexibility index (Phi) is 4.84. The molecule has 1 fully saturated rings. The first-order chi connectivity index (χ1) is 12.4. The van der Waals surface area contributed by atoms with Gasteiger partial charge in [0.15, 0.2) is 0 Å². The summed E-state index contributed by atoms with van der Waals surface area (Å²) in [4.78, 5) is 5.07. The maximum atomic E-state index is 5.33. The monoisotopic (exact) mass is 332 g/mol. The van der Waals surface area contributed by atoms with Crippen molar-refractivity contribution >= 4 is 5.69 Å². The van der Waals surface area contributed by atoms with E-state index < -0.39 is 0 Å². The van der Waals surface area contributed by atoms with Gasteiger partial charge in [0.2, 0.25) is 0 Å². The second-order valence-electron chi connectivity index (χ2n) is 6.74. The first kappa shape index (κ1) is 16.0. The Morgan fingerprint density at radius 3 is 2.24 bits per heavy atom. The highest BCUT2D eigenvalue weighted by Crippen LogP contribution is 2.24. The number of hydrogen-bond donors (Lipinski definition) is 0. The molecule has 1 aromatic heterocycles. The Morgan fingerprint density at radius 1 is 0.840 bits per heavy atom. The Bertz CT molecular complexity index is 755. The number of nitrogens with zero attached hydrogens (tertiary/aromatic N) is 2. The van der Waals surface area contributed by atoms with Crippen molar-refractivity contribution in [1.29, 1.82) is 0 Å². The van der Waals surface area contributed by atoms with Gasteiger partial charge in [-0.1, -0.05) is 60.7 Å². The lowest BCUT2D eigenvalue weighted by atomic mass is 10.0. The van der Waals surface area contributed by atoms with E-state index in [2.05, 4.69) is 76.5 Å². The highest BCUT2D eigenvalue weighted by Gasteiger charge is 2.27. The van der Waals surface area contributed by atoms with Crippen LogP contribution in [0.2, 0.25) is 0 Å². The van der Waals surface area contributed by atoms with Crippen LogP contribution in [0.4, 0.5) is 5.69 Å². The summed E-state index contributed by atoms with van der Waals surface area (Å²) in [5.74, 6) is 0. The standard InChI is InChI=1S/C22H24N2O/c1-3-7-19(8-4-1)15-22-17-23(16-20-9-5-2-6-10-20)12-13-24(22)21-11-14-25-18-21/h1-11,14,18,22H,12-13,15-17H2/t22-/m0/s1. The third-order valence-corrected chi connectivity index (χ3v) is 4.97. The van der Waals surface area contributed by atoms with Crippen LogP contribution in [0.5, 0.6) is 0 Å². The minimum absolute atomic E-state index is 0.456. The fraction of sp³-hybridized carbons (Fsp3) is 0.273. The van der Waals surface area contributed by atoms with E-state index in [0.717, 1.165) is 32.6 Å². The van der Waals surface area contributed by atoms with Crippen LogP contribution in [0.25, 0.3) is 0 Å². The van der Waals surface area contributed by atoms with Gasteiger partial charge in [-0.2, -0.15) is 0 Å². The number of hydrogen-bond acceptors (Lipinski definition) is 3. The molecule has 2 heterocycles. The van der Waals surface area contributed by atoms with E-state index in [0.29, 0.717) is 6.04 Å². The fourth-order valence-electron chi connectivity index (χ4n) is 3.73. The van der Waals surface area contributed by atoms with Gasteiger partial charge < -0.3 is 9.32 Å². The van der Waals surface area contributed by atoms with Crippen molar-refractivity contribution in [3.8, 4) is 0 Å². The highest BCUT2D eigenvalue weighted by molar-refractivity contribution is 5.45. The molecule has 2 aromatic carbocycles. The lowest BCUT2D eigenvalue weighted by molar-refractivity contribution is 0.214. The zero-order valence-electron chi connectivity index (χ0n) is 14.4. The van der Waals surface area contributed by atoms with Crippen molar-refractivity contribution < 1.29 is 4.42 Å². The molecule has 0 spiro atoms. The molecule has 0 N–H and O–H groups in total. The molecule has 0 bridgehead atoms. The highest BCUT2D eigenvalue weighted by atomic mass is 16.3. The maximum absolute atomic E-state index is 5.33. The lowest BCUT2D eigenvalue weighted by Crippen LogP contribution is -2.53. The Hall–Kier alpha value is -2.52. The molecule has 4 rings (SSSR count). The van der Waals surface area contributed by atoms with E-state index in [-0.39, 0.29) is 0 Å². The van der Waals surface area contributed by atoms with E-state index in [9.17, 15) is 0 Å². The van der Waals surface area contributed by atoms with Crippen LogP contribution < -0.4 is 4.90 Å². The van der Waals surface area contributed by atoms with Gasteiger partial charge in [-0.15, -0.1) is 0 Å². The summed E-state index contributed by atoms with van der Waals surface area (Å²) in [5, 5.41) is 0. The van der Waals surface area contributed by atoms with E-state index in [4.69, 9.17) is 4.42 Å². The molecule has 3 heteroatoms. The SMILES string of the molecule is c1ccc(C[C@H]2CN(Cc3ccccc3)CCN2c2ccoc2)cc1. The summed E-state index contributed by atoms with van der Waals surface area (Å²) in [7, 11) is 0. The molecule has 25 heavy (non-hydrogen) atoms. The minimum Gasteiger partial charge on any atom is -0.470 e. The van der Waals surface area contributed by atoms with Crippen LogP contribution in [0.1, 0.15) is 11.1 Å². The van der Waals surface area contributed by atoms with E-state index in [1.165, 1.54) is 16.8 Å². The zero-order valence-corrected chi connectivity index (χ0v) is 14.4. The van der Waals surface area contributed by atoms with Crippen LogP contribution in [-0.4, -0.2) is 30.6 Å². The van der Waals surface area contributed by atoms with Crippen molar-refractivity contribution in [2.75, 3.05) is 24.5 Å². The topological polar surface area (TPSA) is 19.6 Å². The molecule has 0 aliphatic carbocycles. The summed E-state index contributed by atoms with van der Waals surface area (Å²) in [6.45, 7) is 4.19. The number of anilines is 1. The molecule has 3 aromatic rings. The normalized spacial score (nSPS) is 18.4. The summed E-state index contributed by atoms with van der Waals surface area (Å²) in [6.07, 6.45) is 4.69. The molecule has 128 valence electrons. The molecule has 3 nitrogen and oxygen atoms in total. The van der Waals surface area contributed by atoms with Gasteiger partial charge in [0.1, 0.15) is 6.26 Å². The molecule has 0 saturated carbocycles. The molecular weight excluding hydrogens is 308 g/mol. The first-order valence-electron chi connectivity index (χ1n) is 8.97.